The first kappa shape index (κ1) is 21.3. The number of H-pyrrole nitrogens is 1. The van der Waals surface area contributed by atoms with Crippen LogP contribution in [0.25, 0.3) is 11.0 Å². The summed E-state index contributed by atoms with van der Waals surface area (Å²) in [6, 6.07) is 8.25. The van der Waals surface area contributed by atoms with Crippen LogP contribution in [0.3, 0.4) is 0 Å². The Hall–Kier alpha value is -3.96. The molecule has 0 saturated heterocycles. The van der Waals surface area contributed by atoms with Crippen LogP contribution in [0, 0.1) is 12.7 Å². The Kier molecular flexibility index (Phi) is 5.51. The molecule has 1 unspecified atom stereocenters. The standard InChI is InChI=1S/C21H22FN7O3/c1-10-7-15(24-9-12(10)22)26-16-8-14(17-20(27-16)28-29(2)21(17)31)25-13-6-4-5-11(19(23)30)18(13)32-3/h4-9,19,30H,23H2,1-3H3,(H3,24,25,26,27,28). The highest BCUT2D eigenvalue weighted by molar-refractivity contribution is 5.93. The number of pyridine rings is 2. The van der Waals surface area contributed by atoms with Gasteiger partial charge in [0.25, 0.3) is 5.56 Å². The predicted molar refractivity (Wildman–Crippen MR) is 119 cm³/mol. The van der Waals surface area contributed by atoms with Crippen molar-refractivity contribution in [2.75, 3.05) is 17.7 Å². The molecule has 6 N–H and O–H groups in total. The van der Waals surface area contributed by atoms with Crippen LogP contribution in [0.2, 0.25) is 0 Å². The number of benzene rings is 1. The number of halogens is 1. The highest BCUT2D eigenvalue weighted by Crippen LogP contribution is 2.35. The molecule has 1 aromatic carbocycles. The minimum absolute atomic E-state index is 0.286. The quantitative estimate of drug-likeness (QED) is 0.289. The van der Waals surface area contributed by atoms with E-state index >= 15 is 0 Å². The average molecular weight is 439 g/mol. The summed E-state index contributed by atoms with van der Waals surface area (Å²) in [6.45, 7) is 1.63. The second-order valence-electron chi connectivity index (χ2n) is 7.20. The zero-order chi connectivity index (χ0) is 23.0. The van der Waals surface area contributed by atoms with E-state index in [1.54, 1.807) is 44.3 Å². The molecule has 3 aromatic heterocycles. The minimum atomic E-state index is -1.24. The summed E-state index contributed by atoms with van der Waals surface area (Å²) in [7, 11) is 3.04. The molecular formula is C21H22FN7O3. The molecule has 11 heteroatoms. The van der Waals surface area contributed by atoms with Gasteiger partial charge in [-0.1, -0.05) is 12.1 Å². The van der Waals surface area contributed by atoms with Gasteiger partial charge >= 0.3 is 0 Å². The number of aryl methyl sites for hydroxylation is 2. The van der Waals surface area contributed by atoms with Gasteiger partial charge in [0.05, 0.1) is 24.7 Å². The van der Waals surface area contributed by atoms with E-state index in [9.17, 15) is 14.3 Å². The maximum Gasteiger partial charge on any atom is 0.277 e. The largest absolute Gasteiger partial charge is 0.494 e. The maximum atomic E-state index is 13.6. The normalized spacial score (nSPS) is 12.1. The first-order valence-electron chi connectivity index (χ1n) is 9.65. The first-order chi connectivity index (χ1) is 15.3. The van der Waals surface area contributed by atoms with Crippen LogP contribution in [0.5, 0.6) is 5.75 Å². The smallest absolute Gasteiger partial charge is 0.277 e. The van der Waals surface area contributed by atoms with E-state index in [0.717, 1.165) is 6.20 Å². The van der Waals surface area contributed by atoms with E-state index in [2.05, 4.69) is 25.7 Å². The number of nitrogens with one attached hydrogen (secondary N) is 3. The molecule has 10 nitrogen and oxygen atoms in total. The lowest BCUT2D eigenvalue weighted by molar-refractivity contribution is 0.182. The van der Waals surface area contributed by atoms with E-state index in [1.807, 2.05) is 0 Å². The monoisotopic (exact) mass is 439 g/mol. The zero-order valence-corrected chi connectivity index (χ0v) is 17.6. The molecule has 1 atom stereocenters. The number of nitrogens with zero attached hydrogens (tertiary/aromatic N) is 3. The highest BCUT2D eigenvalue weighted by atomic mass is 19.1. The van der Waals surface area contributed by atoms with Crippen molar-refractivity contribution < 1.29 is 14.2 Å². The van der Waals surface area contributed by atoms with E-state index in [4.69, 9.17) is 10.5 Å². The van der Waals surface area contributed by atoms with Crippen molar-refractivity contribution in [3.8, 4) is 5.75 Å². The molecule has 32 heavy (non-hydrogen) atoms. The lowest BCUT2D eigenvalue weighted by Crippen LogP contribution is -2.13. The molecular weight excluding hydrogens is 417 g/mol. The molecule has 0 bridgehead atoms. The van der Waals surface area contributed by atoms with Crippen LogP contribution < -0.4 is 26.7 Å². The molecule has 0 saturated carbocycles. The number of rotatable bonds is 6. The zero-order valence-electron chi connectivity index (χ0n) is 17.6. The molecule has 3 heterocycles. The summed E-state index contributed by atoms with van der Waals surface area (Å²) in [5, 5.41) is 19.3. The van der Waals surface area contributed by atoms with E-state index in [1.165, 1.54) is 11.8 Å². The molecule has 4 aromatic rings. The Labute approximate surface area is 181 Å². The van der Waals surface area contributed by atoms with E-state index in [0.29, 0.717) is 50.9 Å². The van der Waals surface area contributed by atoms with Crippen LogP contribution in [0.15, 0.2) is 41.3 Å². The number of aromatic nitrogens is 4. The van der Waals surface area contributed by atoms with Gasteiger partial charge in [0.1, 0.15) is 34.8 Å². The van der Waals surface area contributed by atoms with Crippen molar-refractivity contribution in [2.24, 2.45) is 12.8 Å². The van der Waals surface area contributed by atoms with Crippen LogP contribution >= 0.6 is 0 Å². The molecule has 0 aliphatic rings. The van der Waals surface area contributed by atoms with Gasteiger partial charge in [0, 0.05) is 18.7 Å². The van der Waals surface area contributed by atoms with E-state index in [-0.39, 0.29) is 5.56 Å². The number of methoxy groups -OCH3 is 1. The third kappa shape index (κ3) is 3.86. The van der Waals surface area contributed by atoms with Crippen molar-refractivity contribution in [2.45, 2.75) is 13.2 Å². The fourth-order valence-corrected chi connectivity index (χ4v) is 3.38. The second kappa shape index (κ2) is 8.29. The van der Waals surface area contributed by atoms with E-state index < -0.39 is 12.0 Å². The Morgan fingerprint density at radius 3 is 2.72 bits per heavy atom. The number of aliphatic hydroxyl groups is 1. The van der Waals surface area contributed by atoms with Crippen molar-refractivity contribution in [3.63, 3.8) is 0 Å². The number of fused-ring (bicyclic) bond motifs is 1. The highest BCUT2D eigenvalue weighted by Gasteiger charge is 2.18. The fraction of sp³-hybridized carbons (Fsp3) is 0.190. The summed E-state index contributed by atoms with van der Waals surface area (Å²) < 4.78 is 20.3. The summed E-state index contributed by atoms with van der Waals surface area (Å²) >= 11 is 0. The molecule has 0 aliphatic carbocycles. The molecule has 166 valence electrons. The number of ether oxygens (including phenoxy) is 1. The number of aromatic amines is 1. The average Bonchev–Trinajstić information content (AvgIpc) is 3.04. The number of aliphatic hydroxyl groups excluding tert-OH is 1. The third-order valence-corrected chi connectivity index (χ3v) is 4.95. The third-order valence-electron chi connectivity index (χ3n) is 4.95. The van der Waals surface area contributed by atoms with Gasteiger partial charge in [0.15, 0.2) is 5.65 Å². The van der Waals surface area contributed by atoms with Crippen molar-refractivity contribution in [1.29, 1.82) is 0 Å². The van der Waals surface area contributed by atoms with Crippen LogP contribution in [0.1, 0.15) is 17.4 Å². The number of hydrogen-bond donors (Lipinski definition) is 5. The number of anilines is 4. The second-order valence-corrected chi connectivity index (χ2v) is 7.20. The lowest BCUT2D eigenvalue weighted by atomic mass is 10.1. The Bertz CT molecular complexity index is 1360. The maximum absolute atomic E-state index is 13.6. The number of nitrogens with two attached hydrogens (primary N) is 1. The van der Waals surface area contributed by atoms with Crippen molar-refractivity contribution >= 4 is 34.0 Å². The Morgan fingerprint density at radius 2 is 2.03 bits per heavy atom. The van der Waals surface area contributed by atoms with Gasteiger partial charge in [0.2, 0.25) is 0 Å². The van der Waals surface area contributed by atoms with Crippen molar-refractivity contribution in [3.05, 3.63) is 63.8 Å². The summed E-state index contributed by atoms with van der Waals surface area (Å²) in [5.74, 6) is 0.688. The van der Waals surface area contributed by atoms with Crippen molar-refractivity contribution in [1.82, 2.24) is 19.7 Å². The van der Waals surface area contributed by atoms with Gasteiger partial charge in [-0.25, -0.2) is 14.4 Å². The van der Waals surface area contributed by atoms with Gasteiger partial charge in [-0.05, 0) is 24.6 Å². The number of hydrogen-bond acceptors (Lipinski definition) is 8. The topological polar surface area (TPSA) is 143 Å². The predicted octanol–water partition coefficient (Wildman–Crippen LogP) is 2.55. The van der Waals surface area contributed by atoms with Gasteiger partial charge < -0.3 is 26.2 Å². The minimum Gasteiger partial charge on any atom is -0.494 e. The fourth-order valence-electron chi connectivity index (χ4n) is 3.38. The summed E-state index contributed by atoms with van der Waals surface area (Å²) in [4.78, 5) is 21.2. The van der Waals surface area contributed by atoms with Crippen LogP contribution in [-0.4, -0.2) is 32.0 Å². The summed E-state index contributed by atoms with van der Waals surface area (Å²) in [6.07, 6.45) is -0.122. The lowest BCUT2D eigenvalue weighted by Gasteiger charge is -2.17. The van der Waals surface area contributed by atoms with Gasteiger partial charge in [-0.3, -0.25) is 14.6 Å². The number of para-hydroxylation sites is 1. The molecule has 0 radical (unpaired) electrons. The Morgan fingerprint density at radius 1 is 1.25 bits per heavy atom. The SMILES string of the molecule is COc1c(Nc2cc(Nc3cc(C)c(F)cn3)nc3[nH]n(C)c(=O)c23)cccc1C(N)O. The molecule has 0 amide bonds. The molecule has 0 aliphatic heterocycles. The van der Waals surface area contributed by atoms with Gasteiger partial charge in [-0.2, -0.15) is 0 Å². The summed E-state index contributed by atoms with van der Waals surface area (Å²) in [5.41, 5.74) is 7.42. The van der Waals surface area contributed by atoms with Crippen LogP contribution in [0.4, 0.5) is 27.4 Å². The first-order valence-corrected chi connectivity index (χ1v) is 9.65. The molecule has 4 rings (SSSR count). The molecule has 0 fully saturated rings. The van der Waals surface area contributed by atoms with Gasteiger partial charge in [-0.15, -0.1) is 0 Å². The Balaban J connectivity index is 1.82. The van der Waals surface area contributed by atoms with Crippen LogP contribution in [-0.2, 0) is 7.05 Å². The molecule has 0 spiro atoms.